The molecule has 1 atom stereocenters. The summed E-state index contributed by atoms with van der Waals surface area (Å²) < 4.78 is 0. The van der Waals surface area contributed by atoms with E-state index in [1.54, 1.807) is 9.80 Å². The molecule has 0 radical (unpaired) electrons. The molecule has 7 heteroatoms. The number of carbonyl (C=O) groups excluding carboxylic acids is 3. The van der Waals surface area contributed by atoms with E-state index in [9.17, 15) is 14.4 Å². The van der Waals surface area contributed by atoms with Gasteiger partial charge in [-0.1, -0.05) is 19.3 Å². The summed E-state index contributed by atoms with van der Waals surface area (Å²) in [6, 6.07) is -0.379. The molecule has 3 aliphatic rings. The molecule has 21 heavy (non-hydrogen) atoms. The standard InChI is InChI=1S/C14H22N4O3/c19-12-8-15-13(20)11-9-17(6-7-18(11)12)14(21)16-10-4-2-1-3-5-10/h10-11H,1-9H2,(H,15,20)(H,16,21). The quantitative estimate of drug-likeness (QED) is 0.695. The molecule has 0 spiro atoms. The van der Waals surface area contributed by atoms with Crippen molar-refractivity contribution in [3.63, 3.8) is 0 Å². The molecule has 0 aromatic carbocycles. The summed E-state index contributed by atoms with van der Waals surface area (Å²) in [6.45, 7) is 1.29. The van der Waals surface area contributed by atoms with E-state index in [0.29, 0.717) is 13.1 Å². The zero-order valence-electron chi connectivity index (χ0n) is 12.1. The first-order valence-corrected chi connectivity index (χ1v) is 7.78. The maximum atomic E-state index is 12.3. The first-order valence-electron chi connectivity index (χ1n) is 7.78. The van der Waals surface area contributed by atoms with Crippen LogP contribution in [0.5, 0.6) is 0 Å². The largest absolute Gasteiger partial charge is 0.345 e. The molecule has 2 saturated heterocycles. The minimum Gasteiger partial charge on any atom is -0.345 e. The summed E-state index contributed by atoms with van der Waals surface area (Å²) in [5.41, 5.74) is 0. The van der Waals surface area contributed by atoms with Gasteiger partial charge in [-0.2, -0.15) is 0 Å². The minimum absolute atomic E-state index is 0.0630. The van der Waals surface area contributed by atoms with Crippen LogP contribution >= 0.6 is 0 Å². The van der Waals surface area contributed by atoms with Gasteiger partial charge in [-0.3, -0.25) is 9.59 Å². The maximum absolute atomic E-state index is 12.3. The Bertz CT molecular complexity index is 448. The summed E-state index contributed by atoms with van der Waals surface area (Å²) >= 11 is 0. The lowest BCUT2D eigenvalue weighted by Crippen LogP contribution is -2.67. The van der Waals surface area contributed by atoms with E-state index in [2.05, 4.69) is 10.6 Å². The number of carbonyl (C=O) groups is 3. The number of nitrogens with zero attached hydrogens (tertiary/aromatic N) is 2. The van der Waals surface area contributed by atoms with Crippen LogP contribution in [0.25, 0.3) is 0 Å². The molecule has 116 valence electrons. The van der Waals surface area contributed by atoms with Crippen LogP contribution in [0, 0.1) is 0 Å². The number of piperazine rings is 2. The van der Waals surface area contributed by atoms with Gasteiger partial charge in [0.15, 0.2) is 0 Å². The van der Waals surface area contributed by atoms with Crippen LogP contribution in [-0.2, 0) is 9.59 Å². The van der Waals surface area contributed by atoms with Crippen LogP contribution in [0.3, 0.4) is 0 Å². The number of fused-ring (bicyclic) bond motifs is 1. The van der Waals surface area contributed by atoms with Crippen molar-refractivity contribution in [2.75, 3.05) is 26.2 Å². The molecule has 3 fully saturated rings. The monoisotopic (exact) mass is 294 g/mol. The molecule has 2 N–H and O–H groups in total. The van der Waals surface area contributed by atoms with Gasteiger partial charge in [0.2, 0.25) is 11.8 Å². The predicted molar refractivity (Wildman–Crippen MR) is 75.5 cm³/mol. The summed E-state index contributed by atoms with van der Waals surface area (Å²) in [5, 5.41) is 5.65. The Hall–Kier alpha value is -1.79. The van der Waals surface area contributed by atoms with Gasteiger partial charge in [0.1, 0.15) is 6.04 Å². The highest BCUT2D eigenvalue weighted by atomic mass is 16.2. The normalized spacial score (nSPS) is 27.1. The van der Waals surface area contributed by atoms with Gasteiger partial charge < -0.3 is 20.4 Å². The van der Waals surface area contributed by atoms with E-state index in [-0.39, 0.29) is 37.0 Å². The van der Waals surface area contributed by atoms with Gasteiger partial charge in [0.05, 0.1) is 13.1 Å². The smallest absolute Gasteiger partial charge is 0.317 e. The van der Waals surface area contributed by atoms with Gasteiger partial charge >= 0.3 is 6.03 Å². The Morgan fingerprint density at radius 2 is 1.90 bits per heavy atom. The number of rotatable bonds is 1. The van der Waals surface area contributed by atoms with Crippen LogP contribution in [0.15, 0.2) is 0 Å². The molecule has 0 aromatic rings. The zero-order valence-corrected chi connectivity index (χ0v) is 12.1. The molecule has 7 nitrogen and oxygen atoms in total. The molecular formula is C14H22N4O3. The SMILES string of the molecule is O=C1NCC(=O)N2CCN(C(=O)NC3CCCCC3)CC12. The van der Waals surface area contributed by atoms with Crippen LogP contribution in [0.4, 0.5) is 4.79 Å². The van der Waals surface area contributed by atoms with Crippen LogP contribution < -0.4 is 10.6 Å². The van der Waals surface area contributed by atoms with Crippen molar-refractivity contribution in [3.05, 3.63) is 0 Å². The molecule has 1 aliphatic carbocycles. The Morgan fingerprint density at radius 1 is 1.14 bits per heavy atom. The van der Waals surface area contributed by atoms with E-state index in [1.807, 2.05) is 0 Å². The minimum atomic E-state index is -0.530. The fourth-order valence-corrected chi connectivity index (χ4v) is 3.39. The first-order chi connectivity index (χ1) is 10.1. The van der Waals surface area contributed by atoms with E-state index >= 15 is 0 Å². The Morgan fingerprint density at radius 3 is 2.67 bits per heavy atom. The van der Waals surface area contributed by atoms with Gasteiger partial charge in [0, 0.05) is 19.1 Å². The zero-order chi connectivity index (χ0) is 14.8. The molecule has 0 aromatic heterocycles. The molecular weight excluding hydrogens is 272 g/mol. The number of nitrogens with one attached hydrogen (secondary N) is 2. The average Bonchev–Trinajstić information content (AvgIpc) is 2.52. The third kappa shape index (κ3) is 2.96. The highest BCUT2D eigenvalue weighted by Crippen LogP contribution is 2.18. The lowest BCUT2D eigenvalue weighted by atomic mass is 9.96. The van der Waals surface area contributed by atoms with Gasteiger partial charge in [0.25, 0.3) is 0 Å². The average molecular weight is 294 g/mol. The summed E-state index contributed by atoms with van der Waals surface area (Å²) in [4.78, 5) is 39.2. The Balaban J connectivity index is 1.58. The van der Waals surface area contributed by atoms with Crippen LogP contribution in [0.1, 0.15) is 32.1 Å². The van der Waals surface area contributed by atoms with Crippen LogP contribution in [-0.4, -0.2) is 65.9 Å². The third-order valence-corrected chi connectivity index (χ3v) is 4.64. The second-order valence-corrected chi connectivity index (χ2v) is 6.05. The van der Waals surface area contributed by atoms with Crippen molar-refractivity contribution in [3.8, 4) is 0 Å². The number of hydrogen-bond donors (Lipinski definition) is 2. The van der Waals surface area contributed by atoms with E-state index < -0.39 is 6.04 Å². The summed E-state index contributed by atoms with van der Waals surface area (Å²) in [6.07, 6.45) is 5.65. The van der Waals surface area contributed by atoms with Crippen molar-refractivity contribution in [2.45, 2.75) is 44.2 Å². The van der Waals surface area contributed by atoms with Gasteiger partial charge in [-0.05, 0) is 12.8 Å². The van der Waals surface area contributed by atoms with Crippen molar-refractivity contribution in [1.29, 1.82) is 0 Å². The highest BCUT2D eigenvalue weighted by Gasteiger charge is 2.40. The van der Waals surface area contributed by atoms with Gasteiger partial charge in [-0.15, -0.1) is 0 Å². The second kappa shape index (κ2) is 5.91. The number of hydrogen-bond acceptors (Lipinski definition) is 3. The number of amides is 4. The lowest BCUT2D eigenvalue weighted by Gasteiger charge is -2.43. The first kappa shape index (κ1) is 14.2. The molecule has 1 unspecified atom stereocenters. The van der Waals surface area contributed by atoms with Crippen LogP contribution in [0.2, 0.25) is 0 Å². The maximum Gasteiger partial charge on any atom is 0.317 e. The predicted octanol–water partition coefficient (Wildman–Crippen LogP) is -0.329. The fourth-order valence-electron chi connectivity index (χ4n) is 3.39. The topological polar surface area (TPSA) is 81.8 Å². The molecule has 4 amide bonds. The molecule has 3 rings (SSSR count). The third-order valence-electron chi connectivity index (χ3n) is 4.64. The van der Waals surface area contributed by atoms with E-state index in [0.717, 1.165) is 25.7 Å². The summed E-state index contributed by atoms with van der Waals surface area (Å²) in [5.74, 6) is -0.225. The molecule has 2 heterocycles. The Labute approximate surface area is 124 Å². The van der Waals surface area contributed by atoms with Gasteiger partial charge in [-0.25, -0.2) is 4.79 Å². The molecule has 0 bridgehead atoms. The highest BCUT2D eigenvalue weighted by molar-refractivity contribution is 5.95. The van der Waals surface area contributed by atoms with E-state index in [1.165, 1.54) is 6.42 Å². The van der Waals surface area contributed by atoms with Crippen molar-refractivity contribution in [2.24, 2.45) is 0 Å². The van der Waals surface area contributed by atoms with Crippen molar-refractivity contribution in [1.82, 2.24) is 20.4 Å². The van der Waals surface area contributed by atoms with Crippen molar-refractivity contribution >= 4 is 17.8 Å². The number of urea groups is 1. The second-order valence-electron chi connectivity index (χ2n) is 6.05. The summed E-state index contributed by atoms with van der Waals surface area (Å²) in [7, 11) is 0. The lowest BCUT2D eigenvalue weighted by molar-refractivity contribution is -0.148. The molecule has 2 aliphatic heterocycles. The van der Waals surface area contributed by atoms with Crippen molar-refractivity contribution < 1.29 is 14.4 Å². The molecule has 1 saturated carbocycles. The van der Waals surface area contributed by atoms with E-state index in [4.69, 9.17) is 0 Å². The Kier molecular flexibility index (Phi) is 3.98. The fraction of sp³-hybridized carbons (Fsp3) is 0.786.